The Morgan fingerprint density at radius 3 is 2.48 bits per heavy atom. The van der Waals surface area contributed by atoms with E-state index in [1.165, 1.54) is 20.3 Å². The largest absolute Gasteiger partial charge is 0.493 e. The number of benzene rings is 1. The molecule has 1 rings (SSSR count). The second-order valence-electron chi connectivity index (χ2n) is 3.58. The molecule has 4 N–H and O–H groups in total. The minimum Gasteiger partial charge on any atom is -0.493 e. The van der Waals surface area contributed by atoms with Gasteiger partial charge >= 0.3 is 0 Å². The molecule has 1 aromatic carbocycles. The van der Waals surface area contributed by atoms with E-state index in [1.54, 1.807) is 6.07 Å². The van der Waals surface area contributed by atoms with E-state index in [9.17, 15) is 10.1 Å². The predicted molar refractivity (Wildman–Crippen MR) is 74.8 cm³/mol. The maximum atomic E-state index is 11.0. The van der Waals surface area contributed by atoms with E-state index >= 15 is 0 Å². The summed E-state index contributed by atoms with van der Waals surface area (Å²) >= 11 is 0. The first-order valence-corrected chi connectivity index (χ1v) is 5.43. The number of nitrogens with two attached hydrogens (primary N) is 1. The van der Waals surface area contributed by atoms with Crippen LogP contribution in [0.3, 0.4) is 0 Å². The van der Waals surface area contributed by atoms with E-state index in [0.29, 0.717) is 0 Å². The molecule has 0 saturated carbocycles. The van der Waals surface area contributed by atoms with Crippen molar-refractivity contribution >= 4 is 22.9 Å². The summed E-state index contributed by atoms with van der Waals surface area (Å²) in [5.41, 5.74) is 6.67. The lowest BCUT2D eigenvalue weighted by Crippen LogP contribution is -2.22. The predicted octanol–water partition coefficient (Wildman–Crippen LogP) is 0.839. The van der Waals surface area contributed by atoms with Gasteiger partial charge in [-0.1, -0.05) is 0 Å². The monoisotopic (exact) mass is 292 g/mol. The third-order valence-corrected chi connectivity index (χ3v) is 2.35. The van der Waals surface area contributed by atoms with Gasteiger partial charge in [-0.3, -0.25) is 20.9 Å². The molecule has 21 heavy (non-hydrogen) atoms. The van der Waals surface area contributed by atoms with Crippen LogP contribution in [0.25, 0.3) is 0 Å². The number of hydrazone groups is 1. The average Bonchev–Trinajstić information content (AvgIpc) is 2.46. The minimum absolute atomic E-state index is 0.0355. The highest BCUT2D eigenvalue weighted by Gasteiger charge is 2.19. The van der Waals surface area contributed by atoms with Gasteiger partial charge < -0.3 is 15.2 Å². The highest BCUT2D eigenvalue weighted by atomic mass is 16.6. The lowest BCUT2D eigenvalue weighted by Gasteiger charge is -2.10. The second-order valence-corrected chi connectivity index (χ2v) is 3.58. The van der Waals surface area contributed by atoms with Crippen LogP contribution < -0.4 is 20.6 Å². The normalized spacial score (nSPS) is 10.4. The number of nitrogens with zero attached hydrogens (tertiary/aromatic N) is 3. The third kappa shape index (κ3) is 3.57. The van der Waals surface area contributed by atoms with Crippen LogP contribution in [-0.4, -0.2) is 30.7 Å². The first-order chi connectivity index (χ1) is 9.94. The first-order valence-electron chi connectivity index (χ1n) is 5.43. The number of methoxy groups -OCH3 is 2. The van der Waals surface area contributed by atoms with Gasteiger partial charge in [0.2, 0.25) is 5.71 Å². The molecule has 10 heteroatoms. The van der Waals surface area contributed by atoms with Crippen molar-refractivity contribution in [1.82, 2.24) is 0 Å². The van der Waals surface area contributed by atoms with Gasteiger partial charge in [-0.2, -0.15) is 10.4 Å². The van der Waals surface area contributed by atoms with Gasteiger partial charge in [0.1, 0.15) is 11.8 Å². The topological polar surface area (TPSA) is 160 Å². The molecule has 10 nitrogen and oxygen atoms in total. The van der Waals surface area contributed by atoms with Crippen molar-refractivity contribution < 1.29 is 14.4 Å². The summed E-state index contributed by atoms with van der Waals surface area (Å²) in [6.45, 7) is 0. The lowest BCUT2D eigenvalue weighted by molar-refractivity contribution is -0.384. The highest BCUT2D eigenvalue weighted by molar-refractivity contribution is 6.45. The number of nitriles is 1. The maximum absolute atomic E-state index is 11.0. The first kappa shape index (κ1) is 15.7. The number of nitro benzene ring substituents is 1. The van der Waals surface area contributed by atoms with E-state index in [1.807, 2.05) is 0 Å². The maximum Gasteiger partial charge on any atom is 0.298 e. The quantitative estimate of drug-likeness (QED) is 0.303. The lowest BCUT2D eigenvalue weighted by atomic mass is 10.2. The zero-order valence-electron chi connectivity index (χ0n) is 11.2. The Labute approximate surface area is 119 Å². The molecule has 0 aromatic heterocycles. The fourth-order valence-electron chi connectivity index (χ4n) is 1.37. The zero-order valence-corrected chi connectivity index (χ0v) is 11.2. The molecule has 0 heterocycles. The molecule has 0 radical (unpaired) electrons. The smallest absolute Gasteiger partial charge is 0.298 e. The molecule has 1 aromatic rings. The zero-order chi connectivity index (χ0) is 16.0. The van der Waals surface area contributed by atoms with Crippen LogP contribution in [0.4, 0.5) is 11.4 Å². The Kier molecular flexibility index (Phi) is 5.02. The second kappa shape index (κ2) is 6.71. The van der Waals surface area contributed by atoms with Crippen molar-refractivity contribution in [2.45, 2.75) is 0 Å². The number of amidine groups is 1. The molecule has 0 saturated heterocycles. The number of rotatable bonds is 6. The van der Waals surface area contributed by atoms with Gasteiger partial charge in [0, 0.05) is 6.07 Å². The minimum atomic E-state index is -0.653. The van der Waals surface area contributed by atoms with Crippen molar-refractivity contribution in [3.63, 3.8) is 0 Å². The van der Waals surface area contributed by atoms with Crippen molar-refractivity contribution in [3.8, 4) is 17.6 Å². The van der Waals surface area contributed by atoms with Crippen LogP contribution >= 0.6 is 0 Å². The van der Waals surface area contributed by atoms with Crippen molar-refractivity contribution in [3.05, 3.63) is 22.2 Å². The summed E-state index contributed by atoms with van der Waals surface area (Å²) in [7, 11) is 2.71. The molecular weight excluding hydrogens is 280 g/mol. The van der Waals surface area contributed by atoms with Gasteiger partial charge in [-0.15, -0.1) is 0 Å². The van der Waals surface area contributed by atoms with E-state index in [4.69, 9.17) is 25.9 Å². The summed E-state index contributed by atoms with van der Waals surface area (Å²) in [4.78, 5) is 10.4. The Morgan fingerprint density at radius 1 is 1.48 bits per heavy atom. The molecule has 0 spiro atoms. The van der Waals surface area contributed by atoms with Crippen LogP contribution in [0.5, 0.6) is 11.5 Å². The van der Waals surface area contributed by atoms with Gasteiger partial charge in [0.05, 0.1) is 25.2 Å². The summed E-state index contributed by atoms with van der Waals surface area (Å²) < 4.78 is 9.99. The Morgan fingerprint density at radius 2 is 2.05 bits per heavy atom. The molecular formula is C11H12N6O4. The molecule has 0 fully saturated rings. The molecule has 0 unspecified atom stereocenters. The van der Waals surface area contributed by atoms with Crippen LogP contribution in [0.1, 0.15) is 0 Å². The van der Waals surface area contributed by atoms with Gasteiger partial charge in [-0.25, -0.2) is 0 Å². The molecule has 0 atom stereocenters. The van der Waals surface area contributed by atoms with Crippen molar-refractivity contribution in [1.29, 1.82) is 10.7 Å². The SMILES string of the molecule is COc1cc(N/N=C(\C#N)C(=N)N)c([N+](=O)[O-])cc1OC. The van der Waals surface area contributed by atoms with Gasteiger partial charge in [-0.05, 0) is 0 Å². The fourth-order valence-corrected chi connectivity index (χ4v) is 1.37. The van der Waals surface area contributed by atoms with Crippen LogP contribution in [0, 0.1) is 26.9 Å². The molecule has 0 aliphatic rings. The molecule has 0 aliphatic heterocycles. The number of ether oxygens (including phenoxy) is 2. The summed E-state index contributed by atoms with van der Waals surface area (Å²) in [6.07, 6.45) is 0. The summed E-state index contributed by atoms with van der Waals surface area (Å²) in [5, 5.41) is 30.4. The van der Waals surface area contributed by atoms with Crippen LogP contribution in [0.2, 0.25) is 0 Å². The Hall–Kier alpha value is -3.35. The summed E-state index contributed by atoms with van der Waals surface area (Å²) in [5.74, 6) is -0.152. The highest BCUT2D eigenvalue weighted by Crippen LogP contribution is 2.37. The van der Waals surface area contributed by atoms with Crippen LogP contribution in [-0.2, 0) is 0 Å². The Bertz CT molecular complexity index is 649. The van der Waals surface area contributed by atoms with Gasteiger partial charge in [0.15, 0.2) is 17.3 Å². The standard InChI is InChI=1S/C11H12N6O4/c1-20-9-3-6(15-16-7(5-12)11(13)14)8(17(18)19)4-10(9)21-2/h3-4,15H,1-2H3,(H3,13,14)/b16-7+. The van der Waals surface area contributed by atoms with E-state index < -0.39 is 16.5 Å². The van der Waals surface area contributed by atoms with Gasteiger partial charge in [0.25, 0.3) is 5.69 Å². The van der Waals surface area contributed by atoms with Crippen LogP contribution in [0.15, 0.2) is 17.2 Å². The van der Waals surface area contributed by atoms with E-state index in [0.717, 1.165) is 6.07 Å². The van der Waals surface area contributed by atoms with Crippen molar-refractivity contribution in [2.24, 2.45) is 10.8 Å². The van der Waals surface area contributed by atoms with E-state index in [2.05, 4.69) is 10.5 Å². The Balaban J connectivity index is 3.31. The summed E-state index contributed by atoms with van der Waals surface area (Å²) in [6, 6.07) is 4.02. The third-order valence-electron chi connectivity index (χ3n) is 2.35. The number of nitrogens with one attached hydrogen (secondary N) is 2. The van der Waals surface area contributed by atoms with E-state index in [-0.39, 0.29) is 22.9 Å². The number of nitro groups is 1. The number of hydrogen-bond donors (Lipinski definition) is 3. The average molecular weight is 292 g/mol. The molecule has 0 bridgehead atoms. The molecule has 0 aliphatic carbocycles. The van der Waals surface area contributed by atoms with Crippen molar-refractivity contribution in [2.75, 3.05) is 19.6 Å². The number of hydrogen-bond acceptors (Lipinski definition) is 8. The molecule has 110 valence electrons. The fraction of sp³-hybridized carbons (Fsp3) is 0.182. The molecule has 0 amide bonds. The number of anilines is 1.